The fourth-order valence-electron chi connectivity index (χ4n) is 10.4. The summed E-state index contributed by atoms with van der Waals surface area (Å²) < 4.78 is 2.42. The minimum atomic E-state index is 0.855. The number of benzene rings is 11. The molecule has 0 aliphatic rings. The van der Waals surface area contributed by atoms with Crippen molar-refractivity contribution >= 4 is 49.9 Å². The topological polar surface area (TPSA) is 34.0 Å². The van der Waals surface area contributed by atoms with Crippen molar-refractivity contribution in [2.45, 2.75) is 0 Å². The van der Waals surface area contributed by atoms with Crippen LogP contribution in [0, 0.1) is 0 Å². The zero-order valence-corrected chi connectivity index (χ0v) is 39.3. The van der Waals surface area contributed by atoms with E-state index in [1.165, 1.54) is 55.3 Å². The van der Waals surface area contributed by atoms with Crippen molar-refractivity contribution in [1.82, 2.24) is 14.5 Å². The molecular formula is C68H46N4. The monoisotopic (exact) mass is 918 g/mol. The maximum absolute atomic E-state index is 5.18. The number of anilines is 3. The van der Waals surface area contributed by atoms with Gasteiger partial charge in [-0.1, -0.05) is 194 Å². The molecule has 0 aliphatic carbocycles. The highest BCUT2D eigenvalue weighted by atomic mass is 15.1. The fraction of sp³-hybridized carbons (Fsp3) is 0. The summed E-state index contributed by atoms with van der Waals surface area (Å²) in [6.45, 7) is 0. The van der Waals surface area contributed by atoms with E-state index in [4.69, 9.17) is 9.97 Å². The summed E-state index contributed by atoms with van der Waals surface area (Å²) in [4.78, 5) is 12.6. The zero-order valence-electron chi connectivity index (χ0n) is 39.3. The third-order valence-corrected chi connectivity index (χ3v) is 13.8. The lowest BCUT2D eigenvalue weighted by molar-refractivity contribution is 1.17. The van der Waals surface area contributed by atoms with Crippen LogP contribution in [0.3, 0.4) is 0 Å². The van der Waals surface area contributed by atoms with Crippen LogP contribution < -0.4 is 4.90 Å². The van der Waals surface area contributed by atoms with Gasteiger partial charge in [-0.3, -0.25) is 0 Å². The first-order valence-electron chi connectivity index (χ1n) is 24.5. The molecule has 2 heterocycles. The Kier molecular flexibility index (Phi) is 10.8. The van der Waals surface area contributed by atoms with Crippen molar-refractivity contribution in [3.05, 3.63) is 279 Å². The highest BCUT2D eigenvalue weighted by Gasteiger charge is 2.20. The van der Waals surface area contributed by atoms with E-state index >= 15 is 0 Å². The van der Waals surface area contributed by atoms with Crippen LogP contribution in [0.4, 0.5) is 17.1 Å². The molecule has 0 saturated heterocycles. The zero-order chi connectivity index (χ0) is 47.8. The van der Waals surface area contributed by atoms with Crippen LogP contribution in [-0.4, -0.2) is 14.5 Å². The first-order chi connectivity index (χ1) is 35.7. The molecule has 0 fully saturated rings. The van der Waals surface area contributed by atoms with Gasteiger partial charge in [0, 0.05) is 44.6 Å². The molecule has 0 bridgehead atoms. The normalized spacial score (nSPS) is 11.3. The third-order valence-electron chi connectivity index (χ3n) is 13.8. The molecule has 2 aromatic heterocycles. The van der Waals surface area contributed by atoms with E-state index < -0.39 is 0 Å². The summed E-state index contributed by atoms with van der Waals surface area (Å²) in [7, 11) is 0. The smallest absolute Gasteiger partial charge is 0.0973 e. The fourth-order valence-corrected chi connectivity index (χ4v) is 10.4. The largest absolute Gasteiger partial charge is 0.311 e. The summed E-state index contributed by atoms with van der Waals surface area (Å²) in [6, 6.07) is 99.6. The quantitative estimate of drug-likeness (QED) is 0.137. The Morgan fingerprint density at radius 1 is 0.264 bits per heavy atom. The van der Waals surface area contributed by atoms with Crippen molar-refractivity contribution in [3.8, 4) is 72.7 Å². The molecule has 0 unspecified atom stereocenters. The Morgan fingerprint density at radius 2 is 0.597 bits per heavy atom. The SMILES string of the molecule is c1ccc(-c2ccccc2-c2ccc3c(c2)c2cc(-c4ccccc4-c4ccccc4)ccc2n3-c2ccc(N(c3ccccc3)c3ccc(-c4nc5ccccc5nc4-c4ccccc4)cc3)cc2)cc1. The van der Waals surface area contributed by atoms with E-state index in [0.717, 1.165) is 67.3 Å². The van der Waals surface area contributed by atoms with Crippen LogP contribution in [0.25, 0.3) is 106 Å². The maximum atomic E-state index is 5.18. The molecule has 4 nitrogen and oxygen atoms in total. The second-order valence-electron chi connectivity index (χ2n) is 18.1. The van der Waals surface area contributed by atoms with Crippen molar-refractivity contribution in [2.75, 3.05) is 4.90 Å². The van der Waals surface area contributed by atoms with Gasteiger partial charge in [0.2, 0.25) is 0 Å². The van der Waals surface area contributed by atoms with Crippen LogP contribution in [0.1, 0.15) is 0 Å². The van der Waals surface area contributed by atoms with Crippen molar-refractivity contribution in [3.63, 3.8) is 0 Å². The molecule has 0 radical (unpaired) electrons. The molecule has 72 heavy (non-hydrogen) atoms. The number of para-hydroxylation sites is 3. The Morgan fingerprint density at radius 3 is 1.06 bits per heavy atom. The van der Waals surface area contributed by atoms with Gasteiger partial charge in [0.1, 0.15) is 0 Å². The van der Waals surface area contributed by atoms with Crippen molar-refractivity contribution in [1.29, 1.82) is 0 Å². The van der Waals surface area contributed by atoms with E-state index in [0.29, 0.717) is 0 Å². The number of fused-ring (bicyclic) bond motifs is 4. The predicted octanol–water partition coefficient (Wildman–Crippen LogP) is 18.2. The maximum Gasteiger partial charge on any atom is 0.0973 e. The van der Waals surface area contributed by atoms with Gasteiger partial charge in [-0.15, -0.1) is 0 Å². The molecule has 0 N–H and O–H groups in total. The molecule has 4 heteroatoms. The van der Waals surface area contributed by atoms with Gasteiger partial charge in [0.25, 0.3) is 0 Å². The molecule has 338 valence electrons. The average Bonchev–Trinajstić information content (AvgIpc) is 3.79. The first kappa shape index (κ1) is 42.5. The van der Waals surface area contributed by atoms with E-state index in [2.05, 4.69) is 258 Å². The molecule has 0 amide bonds. The van der Waals surface area contributed by atoms with Gasteiger partial charge in [0.05, 0.1) is 33.5 Å². The highest BCUT2D eigenvalue weighted by molar-refractivity contribution is 6.12. The predicted molar refractivity (Wildman–Crippen MR) is 301 cm³/mol. The van der Waals surface area contributed by atoms with Gasteiger partial charge >= 0.3 is 0 Å². The van der Waals surface area contributed by atoms with Gasteiger partial charge in [-0.25, -0.2) is 9.97 Å². The number of nitrogens with zero attached hydrogens (tertiary/aromatic N) is 4. The second kappa shape index (κ2) is 18.4. The van der Waals surface area contributed by atoms with Gasteiger partial charge in [-0.2, -0.15) is 0 Å². The Balaban J connectivity index is 0.929. The molecule has 0 aliphatic heterocycles. The number of hydrogen-bond acceptors (Lipinski definition) is 3. The third kappa shape index (κ3) is 7.78. The van der Waals surface area contributed by atoms with Gasteiger partial charge < -0.3 is 9.47 Å². The molecular weight excluding hydrogens is 873 g/mol. The average molecular weight is 919 g/mol. The Labute approximate surface area is 419 Å². The van der Waals surface area contributed by atoms with Crippen LogP contribution in [-0.2, 0) is 0 Å². The summed E-state index contributed by atoms with van der Waals surface area (Å²) in [5, 5.41) is 2.40. The lowest BCUT2D eigenvalue weighted by atomic mass is 9.92. The summed E-state index contributed by atoms with van der Waals surface area (Å²) >= 11 is 0. The van der Waals surface area contributed by atoms with E-state index in [1.807, 2.05) is 30.3 Å². The Bertz CT molecular complexity index is 3910. The van der Waals surface area contributed by atoms with Crippen molar-refractivity contribution < 1.29 is 0 Å². The molecule has 11 aromatic carbocycles. The van der Waals surface area contributed by atoms with E-state index in [1.54, 1.807) is 0 Å². The van der Waals surface area contributed by atoms with Crippen LogP contribution >= 0.6 is 0 Å². The minimum Gasteiger partial charge on any atom is -0.311 e. The first-order valence-corrected chi connectivity index (χ1v) is 24.5. The second-order valence-corrected chi connectivity index (χ2v) is 18.1. The lowest BCUT2D eigenvalue weighted by Crippen LogP contribution is -2.10. The van der Waals surface area contributed by atoms with E-state index in [-0.39, 0.29) is 0 Å². The molecule has 0 saturated carbocycles. The lowest BCUT2D eigenvalue weighted by Gasteiger charge is -2.26. The van der Waals surface area contributed by atoms with Crippen LogP contribution in [0.15, 0.2) is 279 Å². The van der Waals surface area contributed by atoms with Gasteiger partial charge in [0.15, 0.2) is 0 Å². The molecule has 13 aromatic rings. The van der Waals surface area contributed by atoms with Crippen LogP contribution in [0.5, 0.6) is 0 Å². The van der Waals surface area contributed by atoms with Gasteiger partial charge in [-0.05, 0) is 129 Å². The minimum absolute atomic E-state index is 0.855. The molecule has 0 atom stereocenters. The molecule has 13 rings (SSSR count). The summed E-state index contributed by atoms with van der Waals surface area (Å²) in [5.41, 5.74) is 21.6. The van der Waals surface area contributed by atoms with Crippen LogP contribution in [0.2, 0.25) is 0 Å². The summed E-state index contributed by atoms with van der Waals surface area (Å²) in [6.07, 6.45) is 0. The number of aromatic nitrogens is 3. The number of rotatable bonds is 10. The highest BCUT2D eigenvalue weighted by Crippen LogP contribution is 2.43. The van der Waals surface area contributed by atoms with Crippen molar-refractivity contribution in [2.24, 2.45) is 0 Å². The number of hydrogen-bond donors (Lipinski definition) is 0. The van der Waals surface area contributed by atoms with E-state index in [9.17, 15) is 0 Å². The molecule has 0 spiro atoms. The standard InChI is InChI=1S/C68H46N4/c1-5-19-47(20-6-1)57-27-13-15-29-59(57)51-35-43-65-61(45-51)62-46-52(60-30-16-14-28-58(60)48-21-7-2-8-22-48)36-44-66(62)72(65)56-41-39-55(40-42-56)71(53-25-11-4-12-26-53)54-37-33-50(34-38-54)68-67(49-23-9-3-10-24-49)69-63-31-17-18-32-64(63)70-68/h1-46H. The Hall–Kier alpha value is -9.64. The summed E-state index contributed by atoms with van der Waals surface area (Å²) in [5.74, 6) is 0.